The van der Waals surface area contributed by atoms with Crippen molar-refractivity contribution < 1.29 is 0 Å². The smallest absolute Gasteiger partial charge is 0.112 e. The molecule has 1 atom stereocenters. The van der Waals surface area contributed by atoms with Gasteiger partial charge in [0.05, 0.1) is 6.54 Å². The average Bonchev–Trinajstić information content (AvgIpc) is 2.88. The summed E-state index contributed by atoms with van der Waals surface area (Å²) in [6.07, 6.45) is 3.04. The molecule has 1 aromatic carbocycles. The number of para-hydroxylation sites is 1. The highest BCUT2D eigenvalue weighted by Gasteiger charge is 2.20. The molecule has 0 amide bonds. The summed E-state index contributed by atoms with van der Waals surface area (Å²) in [6, 6.07) is 9.24. The van der Waals surface area contributed by atoms with Crippen LogP contribution in [0.4, 0.5) is 5.69 Å². The lowest BCUT2D eigenvalue weighted by atomic mass is 10.1. The second kappa shape index (κ2) is 5.72. The van der Waals surface area contributed by atoms with Gasteiger partial charge in [0.15, 0.2) is 0 Å². The number of nitrogens with one attached hydrogen (secondary N) is 1. The number of rotatable bonds is 3. The Labute approximate surface area is 118 Å². The number of aromatic nitrogens is 1. The van der Waals surface area contributed by atoms with Crippen molar-refractivity contribution >= 4 is 17.0 Å². The number of benzene rings is 1. The van der Waals surface area contributed by atoms with Crippen LogP contribution >= 0.6 is 11.3 Å². The van der Waals surface area contributed by atoms with Gasteiger partial charge in [0.2, 0.25) is 0 Å². The maximum absolute atomic E-state index is 4.42. The molecule has 0 bridgehead atoms. The summed E-state index contributed by atoms with van der Waals surface area (Å²) in [4.78, 5) is 6.88. The zero-order valence-electron chi connectivity index (χ0n) is 11.2. The van der Waals surface area contributed by atoms with Crippen molar-refractivity contribution in [2.75, 3.05) is 11.4 Å². The molecule has 0 fully saturated rings. The second-order valence-corrected chi connectivity index (χ2v) is 5.90. The number of hydrogen-bond donors (Lipinski definition) is 1. The molecule has 1 N–H and O–H groups in total. The van der Waals surface area contributed by atoms with E-state index in [0.29, 0.717) is 6.04 Å². The average molecular weight is 273 g/mol. The van der Waals surface area contributed by atoms with Gasteiger partial charge in [-0.05, 0) is 18.1 Å². The minimum atomic E-state index is 0.548. The van der Waals surface area contributed by atoms with Crippen LogP contribution in [-0.4, -0.2) is 17.6 Å². The van der Waals surface area contributed by atoms with E-state index in [2.05, 4.69) is 51.8 Å². The molecule has 1 aliphatic heterocycles. The molecule has 0 saturated carbocycles. The normalized spacial score (nSPS) is 19.0. The second-order valence-electron chi connectivity index (χ2n) is 4.92. The monoisotopic (exact) mass is 273 g/mol. The molecule has 3 rings (SSSR count). The third-order valence-corrected chi connectivity index (χ3v) is 4.42. The Balaban J connectivity index is 1.89. The summed E-state index contributed by atoms with van der Waals surface area (Å²) in [5.41, 5.74) is 2.73. The summed E-state index contributed by atoms with van der Waals surface area (Å²) in [6.45, 7) is 5.16. The van der Waals surface area contributed by atoms with E-state index in [9.17, 15) is 0 Å². The molecule has 1 aromatic heterocycles. The van der Waals surface area contributed by atoms with Gasteiger partial charge in [0.1, 0.15) is 5.01 Å². The molecule has 3 nitrogen and oxygen atoms in total. The van der Waals surface area contributed by atoms with E-state index in [4.69, 9.17) is 0 Å². The van der Waals surface area contributed by atoms with Gasteiger partial charge in [0, 0.05) is 36.4 Å². The Morgan fingerprint density at radius 1 is 1.42 bits per heavy atom. The van der Waals surface area contributed by atoms with Gasteiger partial charge in [-0.3, -0.25) is 0 Å². The first-order valence-corrected chi connectivity index (χ1v) is 7.69. The molecule has 2 aromatic rings. The Hall–Kier alpha value is -1.39. The van der Waals surface area contributed by atoms with Crippen LogP contribution in [0.1, 0.15) is 23.9 Å². The van der Waals surface area contributed by atoms with E-state index < -0.39 is 0 Å². The standard InChI is InChI=1S/C15H19N3S/c1-2-13-10-18(11-15-16-7-8-19-15)14-6-4-3-5-12(14)9-17-13/h3-8,13,17H,2,9-11H2,1H3. The van der Waals surface area contributed by atoms with Gasteiger partial charge in [-0.2, -0.15) is 0 Å². The number of thiazole rings is 1. The molecular weight excluding hydrogens is 254 g/mol. The lowest BCUT2D eigenvalue weighted by Crippen LogP contribution is -2.37. The van der Waals surface area contributed by atoms with Gasteiger partial charge in [-0.25, -0.2) is 4.98 Å². The Morgan fingerprint density at radius 3 is 3.11 bits per heavy atom. The fourth-order valence-electron chi connectivity index (χ4n) is 2.57. The van der Waals surface area contributed by atoms with Crippen LogP contribution in [0.5, 0.6) is 0 Å². The first kappa shape index (κ1) is 12.6. The third-order valence-electron chi connectivity index (χ3n) is 3.66. The van der Waals surface area contributed by atoms with Gasteiger partial charge in [-0.15, -0.1) is 11.3 Å². The zero-order valence-corrected chi connectivity index (χ0v) is 12.0. The minimum absolute atomic E-state index is 0.548. The van der Waals surface area contributed by atoms with E-state index in [1.165, 1.54) is 16.3 Å². The minimum Gasteiger partial charge on any atom is -0.363 e. The summed E-state index contributed by atoms with van der Waals surface area (Å²) < 4.78 is 0. The molecule has 100 valence electrons. The zero-order chi connectivity index (χ0) is 13.1. The van der Waals surface area contributed by atoms with Crippen molar-refractivity contribution in [1.29, 1.82) is 0 Å². The maximum Gasteiger partial charge on any atom is 0.112 e. The van der Waals surface area contributed by atoms with Crippen LogP contribution < -0.4 is 10.2 Å². The molecule has 1 aliphatic rings. The van der Waals surface area contributed by atoms with E-state index in [-0.39, 0.29) is 0 Å². The molecule has 2 heterocycles. The van der Waals surface area contributed by atoms with Crippen LogP contribution in [0, 0.1) is 0 Å². The predicted octanol–water partition coefficient (Wildman–Crippen LogP) is 3.03. The molecular formula is C15H19N3S. The number of hydrogen-bond acceptors (Lipinski definition) is 4. The number of anilines is 1. The van der Waals surface area contributed by atoms with E-state index in [1.54, 1.807) is 11.3 Å². The first-order valence-electron chi connectivity index (χ1n) is 6.81. The number of fused-ring (bicyclic) bond motifs is 1. The Morgan fingerprint density at radius 2 is 2.32 bits per heavy atom. The lowest BCUT2D eigenvalue weighted by Gasteiger charge is -2.26. The van der Waals surface area contributed by atoms with Crippen molar-refractivity contribution in [3.05, 3.63) is 46.4 Å². The van der Waals surface area contributed by atoms with Crippen molar-refractivity contribution in [1.82, 2.24) is 10.3 Å². The molecule has 0 saturated heterocycles. The van der Waals surface area contributed by atoms with Crippen LogP contribution in [0.3, 0.4) is 0 Å². The highest BCUT2D eigenvalue weighted by atomic mass is 32.1. The Bertz CT molecular complexity index is 524. The molecule has 1 unspecified atom stereocenters. The summed E-state index contributed by atoms with van der Waals surface area (Å²) in [5.74, 6) is 0. The third kappa shape index (κ3) is 2.80. The van der Waals surface area contributed by atoms with Gasteiger partial charge in [-0.1, -0.05) is 25.1 Å². The van der Waals surface area contributed by atoms with Crippen molar-refractivity contribution in [2.24, 2.45) is 0 Å². The lowest BCUT2D eigenvalue weighted by molar-refractivity contribution is 0.502. The SMILES string of the molecule is CCC1CN(Cc2nccs2)c2ccccc2CN1. The van der Waals surface area contributed by atoms with Crippen molar-refractivity contribution in [2.45, 2.75) is 32.5 Å². The fraction of sp³-hybridized carbons (Fsp3) is 0.400. The van der Waals surface area contributed by atoms with Crippen LogP contribution in [0.2, 0.25) is 0 Å². The van der Waals surface area contributed by atoms with Crippen molar-refractivity contribution in [3.8, 4) is 0 Å². The van der Waals surface area contributed by atoms with Crippen LogP contribution in [0.15, 0.2) is 35.8 Å². The van der Waals surface area contributed by atoms with Gasteiger partial charge >= 0.3 is 0 Å². The van der Waals surface area contributed by atoms with Crippen molar-refractivity contribution in [3.63, 3.8) is 0 Å². The molecule has 19 heavy (non-hydrogen) atoms. The van der Waals surface area contributed by atoms with Crippen LogP contribution in [-0.2, 0) is 13.1 Å². The highest BCUT2D eigenvalue weighted by Crippen LogP contribution is 2.26. The molecule has 0 radical (unpaired) electrons. The fourth-order valence-corrected chi connectivity index (χ4v) is 3.20. The Kier molecular flexibility index (Phi) is 3.80. The van der Waals surface area contributed by atoms with E-state index in [1.807, 2.05) is 6.20 Å². The first-order chi connectivity index (χ1) is 9.36. The number of nitrogens with zero attached hydrogens (tertiary/aromatic N) is 2. The van der Waals surface area contributed by atoms with Gasteiger partial charge < -0.3 is 10.2 Å². The molecule has 4 heteroatoms. The maximum atomic E-state index is 4.42. The molecule has 0 aliphatic carbocycles. The topological polar surface area (TPSA) is 28.2 Å². The van der Waals surface area contributed by atoms with E-state index >= 15 is 0 Å². The summed E-state index contributed by atoms with van der Waals surface area (Å²) in [5, 5.41) is 6.88. The van der Waals surface area contributed by atoms with Gasteiger partial charge in [0.25, 0.3) is 0 Å². The molecule has 0 spiro atoms. The van der Waals surface area contributed by atoms with E-state index in [0.717, 1.165) is 26.1 Å². The summed E-state index contributed by atoms with van der Waals surface area (Å²) >= 11 is 1.73. The quantitative estimate of drug-likeness (QED) is 0.931. The highest BCUT2D eigenvalue weighted by molar-refractivity contribution is 7.09. The largest absolute Gasteiger partial charge is 0.363 e. The summed E-state index contributed by atoms with van der Waals surface area (Å²) in [7, 11) is 0. The predicted molar refractivity (Wildman–Crippen MR) is 80.5 cm³/mol. The van der Waals surface area contributed by atoms with Crippen LogP contribution in [0.25, 0.3) is 0 Å².